The van der Waals surface area contributed by atoms with Gasteiger partial charge in [0.1, 0.15) is 0 Å². The lowest BCUT2D eigenvalue weighted by molar-refractivity contribution is -0.399. The third-order valence-electron chi connectivity index (χ3n) is 4.07. The Morgan fingerprint density at radius 1 is 0.562 bits per heavy atom. The third-order valence-corrected chi connectivity index (χ3v) is 4.07. The highest BCUT2D eigenvalue weighted by atomic mass is 19.4. The maximum absolute atomic E-state index is 14.2. The summed E-state index contributed by atoms with van der Waals surface area (Å²) < 4.78 is 201. The van der Waals surface area contributed by atoms with Gasteiger partial charge in [0.2, 0.25) is 0 Å². The first-order valence-corrected chi connectivity index (χ1v) is 7.26. The smallest absolute Gasteiger partial charge is 0.460 e. The monoisotopic (exact) mass is 498 g/mol. The summed E-state index contributed by atoms with van der Waals surface area (Å²) in [5.74, 6) is -45.1. The molecule has 0 spiro atoms. The van der Waals surface area contributed by atoms with E-state index in [1.807, 2.05) is 0 Å². The molecule has 0 fully saturated rings. The molecule has 0 saturated carbocycles. The van der Waals surface area contributed by atoms with Gasteiger partial charge >= 0.3 is 29.9 Å². The number of carboxylic acids is 1. The SMILES string of the molecule is O=C(O)c1c(C(F)(F)C(F)(F)C(F)(F)C(F)(F)F)c(F)c(F)c2c(F)c(F)c(F)c(F)c12. The Morgan fingerprint density at radius 2 is 0.938 bits per heavy atom. The fourth-order valence-corrected chi connectivity index (χ4v) is 2.57. The van der Waals surface area contributed by atoms with Crippen molar-refractivity contribution in [3.8, 4) is 0 Å². The van der Waals surface area contributed by atoms with Gasteiger partial charge in [0, 0.05) is 5.39 Å². The summed E-state index contributed by atoms with van der Waals surface area (Å²) in [6.07, 6.45) is -7.47. The van der Waals surface area contributed by atoms with Gasteiger partial charge in [-0.2, -0.15) is 39.5 Å². The number of alkyl halides is 9. The second-order valence-corrected chi connectivity index (χ2v) is 5.91. The van der Waals surface area contributed by atoms with Crippen molar-refractivity contribution in [3.63, 3.8) is 0 Å². The van der Waals surface area contributed by atoms with Crippen LogP contribution in [0.1, 0.15) is 15.9 Å². The molecule has 0 aromatic heterocycles. The molecule has 0 bridgehead atoms. The lowest BCUT2D eigenvalue weighted by atomic mass is 9.88. The zero-order chi connectivity index (χ0) is 25.4. The molecular formula is C15HF15O2. The summed E-state index contributed by atoms with van der Waals surface area (Å²) >= 11 is 0. The topological polar surface area (TPSA) is 37.3 Å². The van der Waals surface area contributed by atoms with Crippen LogP contribution in [0.3, 0.4) is 0 Å². The minimum absolute atomic E-state index is 2.57. The molecule has 1 N–H and O–H groups in total. The number of aromatic carboxylic acids is 1. The summed E-state index contributed by atoms with van der Waals surface area (Å²) in [7, 11) is 0. The molecule has 32 heavy (non-hydrogen) atoms. The average Bonchev–Trinajstić information content (AvgIpc) is 2.64. The van der Waals surface area contributed by atoms with Crippen LogP contribution < -0.4 is 0 Å². The van der Waals surface area contributed by atoms with Crippen molar-refractivity contribution in [1.82, 2.24) is 0 Å². The van der Waals surface area contributed by atoms with Gasteiger partial charge in [-0.15, -0.1) is 0 Å². The largest absolute Gasteiger partial charge is 0.478 e. The molecule has 17 heteroatoms. The van der Waals surface area contributed by atoms with Crippen LogP contribution >= 0.6 is 0 Å². The minimum Gasteiger partial charge on any atom is -0.478 e. The predicted molar refractivity (Wildman–Crippen MR) is 70.5 cm³/mol. The quantitative estimate of drug-likeness (QED) is 0.306. The Balaban J connectivity index is 3.21. The van der Waals surface area contributed by atoms with Gasteiger partial charge in [-0.3, -0.25) is 0 Å². The number of rotatable bonds is 4. The number of halogens is 15. The number of carbonyl (C=O) groups is 1. The number of benzene rings is 2. The van der Waals surface area contributed by atoms with Crippen molar-refractivity contribution in [2.45, 2.75) is 23.9 Å². The van der Waals surface area contributed by atoms with Crippen LogP contribution in [-0.4, -0.2) is 29.1 Å². The normalized spacial score (nSPS) is 13.7. The maximum atomic E-state index is 14.2. The lowest BCUT2D eigenvalue weighted by Crippen LogP contribution is -2.60. The minimum atomic E-state index is -7.77. The molecule has 0 radical (unpaired) electrons. The average molecular weight is 498 g/mol. The van der Waals surface area contributed by atoms with Gasteiger partial charge in [-0.1, -0.05) is 0 Å². The van der Waals surface area contributed by atoms with E-state index in [1.54, 1.807) is 0 Å². The van der Waals surface area contributed by atoms with Crippen LogP contribution in [0, 0.1) is 34.9 Å². The molecule has 0 saturated heterocycles. The van der Waals surface area contributed by atoms with Gasteiger partial charge < -0.3 is 5.11 Å². The van der Waals surface area contributed by atoms with E-state index < -0.39 is 86.7 Å². The number of carboxylic acid groups (broad SMARTS) is 1. The van der Waals surface area contributed by atoms with Crippen molar-refractivity contribution in [1.29, 1.82) is 0 Å². The fraction of sp³-hybridized carbons (Fsp3) is 0.267. The third kappa shape index (κ3) is 3.03. The highest BCUT2D eigenvalue weighted by molar-refractivity contribution is 6.06. The van der Waals surface area contributed by atoms with Crippen LogP contribution in [0.2, 0.25) is 0 Å². The molecule has 0 unspecified atom stereocenters. The van der Waals surface area contributed by atoms with E-state index in [1.165, 1.54) is 0 Å². The van der Waals surface area contributed by atoms with Gasteiger partial charge in [0.25, 0.3) is 0 Å². The van der Waals surface area contributed by atoms with E-state index in [0.29, 0.717) is 0 Å². The summed E-state index contributed by atoms with van der Waals surface area (Å²) in [6.45, 7) is 0. The predicted octanol–water partition coefficient (Wildman–Crippen LogP) is 6.30. The molecule has 2 aromatic carbocycles. The summed E-state index contributed by atoms with van der Waals surface area (Å²) in [6, 6.07) is 0. The first-order chi connectivity index (χ1) is 14.2. The molecule has 0 aliphatic heterocycles. The van der Waals surface area contributed by atoms with Crippen LogP contribution in [0.5, 0.6) is 0 Å². The van der Waals surface area contributed by atoms with E-state index >= 15 is 0 Å². The molecule has 2 rings (SSSR count). The van der Waals surface area contributed by atoms with Gasteiger partial charge in [-0.05, 0) is 0 Å². The van der Waals surface area contributed by atoms with Gasteiger partial charge in [0.05, 0.1) is 16.5 Å². The Morgan fingerprint density at radius 3 is 1.31 bits per heavy atom. The van der Waals surface area contributed by atoms with E-state index in [0.717, 1.165) is 0 Å². The lowest BCUT2D eigenvalue weighted by Gasteiger charge is -2.34. The van der Waals surface area contributed by atoms with E-state index in [4.69, 9.17) is 5.11 Å². The van der Waals surface area contributed by atoms with E-state index in [-0.39, 0.29) is 0 Å². The molecule has 2 nitrogen and oxygen atoms in total. The first kappa shape index (κ1) is 25.4. The first-order valence-electron chi connectivity index (χ1n) is 7.26. The Kier molecular flexibility index (Phi) is 5.60. The Bertz CT molecular complexity index is 1130. The maximum Gasteiger partial charge on any atom is 0.460 e. The molecule has 0 aliphatic rings. The molecule has 0 atom stereocenters. The molecule has 0 heterocycles. The zero-order valence-corrected chi connectivity index (χ0v) is 14.0. The van der Waals surface area contributed by atoms with Crippen molar-refractivity contribution in [3.05, 3.63) is 46.0 Å². The summed E-state index contributed by atoms with van der Waals surface area (Å²) in [5, 5.41) is 3.61. The molecule has 178 valence electrons. The van der Waals surface area contributed by atoms with Crippen LogP contribution in [0.15, 0.2) is 0 Å². The Hall–Kier alpha value is -2.88. The second-order valence-electron chi connectivity index (χ2n) is 5.91. The number of fused-ring (bicyclic) bond motifs is 1. The van der Waals surface area contributed by atoms with E-state index in [9.17, 15) is 70.7 Å². The molecule has 0 amide bonds. The van der Waals surface area contributed by atoms with Crippen molar-refractivity contribution < 1.29 is 75.8 Å². The van der Waals surface area contributed by atoms with Crippen molar-refractivity contribution in [2.24, 2.45) is 0 Å². The van der Waals surface area contributed by atoms with Gasteiger partial charge in [0.15, 0.2) is 34.9 Å². The molecule has 2 aromatic rings. The molecule has 0 aliphatic carbocycles. The second kappa shape index (κ2) is 7.06. The standard InChI is InChI=1S/C15HF15O2/c16-5-1-2(11(31)32)4(8(19)6(17)3(1)7(18)10(21)9(5)20)12(22,23)13(24,25)14(26,27)15(28,29)30/h(H,31,32). The van der Waals surface area contributed by atoms with Crippen molar-refractivity contribution >= 4 is 16.7 Å². The summed E-state index contributed by atoms with van der Waals surface area (Å²) in [4.78, 5) is 11.2. The number of hydrogen-bond donors (Lipinski definition) is 1. The van der Waals surface area contributed by atoms with E-state index in [2.05, 4.69) is 0 Å². The fourth-order valence-electron chi connectivity index (χ4n) is 2.57. The zero-order valence-electron chi connectivity index (χ0n) is 14.0. The summed E-state index contributed by atoms with van der Waals surface area (Å²) in [5.41, 5.74) is -6.88. The Labute approximate surface area is 163 Å². The van der Waals surface area contributed by atoms with Crippen LogP contribution in [-0.2, 0) is 5.92 Å². The highest BCUT2D eigenvalue weighted by Crippen LogP contribution is 2.58. The van der Waals surface area contributed by atoms with Crippen LogP contribution in [0.4, 0.5) is 65.9 Å². The van der Waals surface area contributed by atoms with Crippen LogP contribution in [0.25, 0.3) is 10.8 Å². The van der Waals surface area contributed by atoms with Gasteiger partial charge in [-0.25, -0.2) is 31.1 Å². The molecular weight excluding hydrogens is 497 g/mol. The van der Waals surface area contributed by atoms with Crippen molar-refractivity contribution in [2.75, 3.05) is 0 Å². The number of hydrogen-bond acceptors (Lipinski definition) is 1. The highest BCUT2D eigenvalue weighted by Gasteiger charge is 2.82.